The number of hydrogen-bond donors (Lipinski definition) is 0. The summed E-state index contributed by atoms with van der Waals surface area (Å²) in [6.07, 6.45) is 6.14. The number of hydrogen-bond acceptors (Lipinski definition) is 4. The van der Waals surface area contributed by atoms with Crippen molar-refractivity contribution in [2.24, 2.45) is 0 Å². The molecule has 0 saturated heterocycles. The maximum atomic E-state index is 12.7. The van der Waals surface area contributed by atoms with Gasteiger partial charge in [0.1, 0.15) is 0 Å². The highest BCUT2D eigenvalue weighted by atomic mass is 16.7. The quantitative estimate of drug-likeness (QED) is 0.851. The van der Waals surface area contributed by atoms with Crippen LogP contribution in [0.15, 0.2) is 42.7 Å². The Morgan fingerprint density at radius 1 is 1.17 bits per heavy atom. The maximum Gasteiger partial charge on any atom is 0.231 e. The third kappa shape index (κ3) is 3.13. The second-order valence-corrected chi connectivity index (χ2v) is 5.98. The predicted octanol–water partition coefficient (Wildman–Crippen LogP) is 2.54. The zero-order valence-electron chi connectivity index (χ0n) is 12.8. The predicted molar refractivity (Wildman–Crippen MR) is 84.1 cm³/mol. The molecule has 1 aliphatic carbocycles. The van der Waals surface area contributed by atoms with Gasteiger partial charge in [-0.25, -0.2) is 0 Å². The summed E-state index contributed by atoms with van der Waals surface area (Å²) in [6.45, 7) is 0.879. The highest BCUT2D eigenvalue weighted by Crippen LogP contribution is 2.33. The molecule has 0 spiro atoms. The second-order valence-electron chi connectivity index (χ2n) is 5.98. The van der Waals surface area contributed by atoms with E-state index in [1.165, 1.54) is 0 Å². The summed E-state index contributed by atoms with van der Waals surface area (Å²) < 4.78 is 10.7. The molecular formula is C18H18N2O3. The Morgan fingerprint density at radius 3 is 2.83 bits per heavy atom. The monoisotopic (exact) mass is 310 g/mol. The highest BCUT2D eigenvalue weighted by molar-refractivity contribution is 5.79. The van der Waals surface area contributed by atoms with Crippen LogP contribution in [0.3, 0.4) is 0 Å². The lowest BCUT2D eigenvalue weighted by Gasteiger charge is -2.22. The maximum absolute atomic E-state index is 12.7. The molecule has 1 fully saturated rings. The zero-order chi connectivity index (χ0) is 15.6. The number of amides is 1. The molecule has 1 amide bonds. The lowest BCUT2D eigenvalue weighted by Crippen LogP contribution is -2.33. The number of nitrogens with zero attached hydrogens (tertiary/aromatic N) is 2. The smallest absolute Gasteiger partial charge is 0.231 e. The summed E-state index contributed by atoms with van der Waals surface area (Å²) >= 11 is 0. The summed E-state index contributed by atoms with van der Waals surface area (Å²) in [5, 5.41) is 0. The van der Waals surface area contributed by atoms with Gasteiger partial charge in [0.25, 0.3) is 0 Å². The van der Waals surface area contributed by atoms with Gasteiger partial charge in [0.05, 0.1) is 6.42 Å². The van der Waals surface area contributed by atoms with Crippen LogP contribution in [0.4, 0.5) is 0 Å². The Balaban J connectivity index is 1.47. The van der Waals surface area contributed by atoms with Crippen molar-refractivity contribution in [1.82, 2.24) is 9.88 Å². The molecule has 118 valence electrons. The van der Waals surface area contributed by atoms with Gasteiger partial charge in [0.15, 0.2) is 11.5 Å². The van der Waals surface area contributed by atoms with E-state index in [4.69, 9.17) is 9.47 Å². The van der Waals surface area contributed by atoms with E-state index in [9.17, 15) is 4.79 Å². The molecule has 0 radical (unpaired) electrons. The van der Waals surface area contributed by atoms with Crippen LogP contribution in [0.5, 0.6) is 11.5 Å². The lowest BCUT2D eigenvalue weighted by atomic mass is 10.1. The van der Waals surface area contributed by atoms with Gasteiger partial charge in [-0.05, 0) is 42.2 Å². The Labute approximate surface area is 134 Å². The molecule has 1 aromatic heterocycles. The molecule has 23 heavy (non-hydrogen) atoms. The first-order chi connectivity index (χ1) is 11.3. The summed E-state index contributed by atoms with van der Waals surface area (Å²) in [4.78, 5) is 18.8. The number of rotatable bonds is 5. The summed E-state index contributed by atoms with van der Waals surface area (Å²) in [5.41, 5.74) is 2.02. The standard InChI is InChI=1S/C18H18N2O3/c21-18(9-13-3-6-16-17(8-13)23-12-22-16)20(15-4-5-15)11-14-2-1-7-19-10-14/h1-3,6-8,10,15H,4-5,9,11-12H2. The number of aromatic nitrogens is 1. The van der Waals surface area contributed by atoms with Crippen molar-refractivity contribution in [2.45, 2.75) is 31.8 Å². The van der Waals surface area contributed by atoms with E-state index >= 15 is 0 Å². The Bertz CT molecular complexity index is 713. The zero-order valence-corrected chi connectivity index (χ0v) is 12.8. The molecule has 1 aliphatic heterocycles. The van der Waals surface area contributed by atoms with Crippen LogP contribution in [-0.2, 0) is 17.8 Å². The number of benzene rings is 1. The average molecular weight is 310 g/mol. The highest BCUT2D eigenvalue weighted by Gasteiger charge is 2.32. The average Bonchev–Trinajstić information content (AvgIpc) is 3.30. The van der Waals surface area contributed by atoms with Gasteiger partial charge in [0.2, 0.25) is 12.7 Å². The fourth-order valence-electron chi connectivity index (χ4n) is 2.82. The molecule has 0 unspecified atom stereocenters. The largest absolute Gasteiger partial charge is 0.454 e. The number of carbonyl (C=O) groups excluding carboxylic acids is 1. The molecule has 2 aliphatic rings. The fraction of sp³-hybridized carbons (Fsp3) is 0.333. The third-order valence-corrected chi connectivity index (χ3v) is 4.18. The minimum Gasteiger partial charge on any atom is -0.454 e. The van der Waals surface area contributed by atoms with Crippen molar-refractivity contribution < 1.29 is 14.3 Å². The Kier molecular flexibility index (Phi) is 3.61. The molecule has 0 N–H and O–H groups in total. The minimum atomic E-state index is 0.148. The van der Waals surface area contributed by atoms with Crippen molar-refractivity contribution in [1.29, 1.82) is 0 Å². The van der Waals surface area contributed by atoms with Crippen LogP contribution in [0.25, 0.3) is 0 Å². The van der Waals surface area contributed by atoms with E-state index < -0.39 is 0 Å². The van der Waals surface area contributed by atoms with Crippen molar-refractivity contribution in [3.05, 3.63) is 53.9 Å². The third-order valence-electron chi connectivity index (χ3n) is 4.18. The van der Waals surface area contributed by atoms with E-state index in [-0.39, 0.29) is 12.7 Å². The molecule has 4 rings (SSSR count). The van der Waals surface area contributed by atoms with Crippen molar-refractivity contribution in [2.75, 3.05) is 6.79 Å². The molecule has 0 atom stereocenters. The molecule has 1 saturated carbocycles. The first kappa shape index (κ1) is 14.1. The van der Waals surface area contributed by atoms with E-state index in [0.717, 1.165) is 35.5 Å². The number of pyridine rings is 1. The van der Waals surface area contributed by atoms with Crippen LogP contribution in [-0.4, -0.2) is 28.6 Å². The van der Waals surface area contributed by atoms with E-state index in [1.54, 1.807) is 6.20 Å². The minimum absolute atomic E-state index is 0.148. The first-order valence-electron chi connectivity index (χ1n) is 7.86. The van der Waals surface area contributed by atoms with Crippen molar-refractivity contribution in [3.8, 4) is 11.5 Å². The van der Waals surface area contributed by atoms with Crippen LogP contribution in [0.1, 0.15) is 24.0 Å². The van der Waals surface area contributed by atoms with E-state index in [1.807, 2.05) is 41.4 Å². The summed E-state index contributed by atoms with van der Waals surface area (Å²) in [7, 11) is 0. The van der Waals surface area contributed by atoms with E-state index in [2.05, 4.69) is 4.98 Å². The SMILES string of the molecule is O=C(Cc1ccc2c(c1)OCO2)N(Cc1cccnc1)C1CC1. The Hall–Kier alpha value is -2.56. The normalized spacial score (nSPS) is 15.5. The number of carbonyl (C=O) groups is 1. The van der Waals surface area contributed by atoms with Gasteiger partial charge >= 0.3 is 0 Å². The molecule has 1 aromatic carbocycles. The van der Waals surface area contributed by atoms with Gasteiger partial charge in [-0.1, -0.05) is 12.1 Å². The van der Waals surface area contributed by atoms with Crippen LogP contribution in [0.2, 0.25) is 0 Å². The van der Waals surface area contributed by atoms with Crippen molar-refractivity contribution in [3.63, 3.8) is 0 Å². The Morgan fingerprint density at radius 2 is 2.04 bits per heavy atom. The molecule has 2 aromatic rings. The number of ether oxygens (including phenoxy) is 2. The summed E-state index contributed by atoms with van der Waals surface area (Å²) in [5.74, 6) is 1.62. The van der Waals surface area contributed by atoms with Gasteiger partial charge < -0.3 is 14.4 Å². The van der Waals surface area contributed by atoms with Gasteiger partial charge in [-0.15, -0.1) is 0 Å². The summed E-state index contributed by atoms with van der Waals surface area (Å²) in [6, 6.07) is 9.99. The van der Waals surface area contributed by atoms with Crippen LogP contribution < -0.4 is 9.47 Å². The van der Waals surface area contributed by atoms with E-state index in [0.29, 0.717) is 19.0 Å². The molecule has 5 nitrogen and oxygen atoms in total. The molecule has 2 heterocycles. The van der Waals surface area contributed by atoms with Gasteiger partial charge in [-0.3, -0.25) is 9.78 Å². The second kappa shape index (κ2) is 5.91. The molecule has 0 bridgehead atoms. The van der Waals surface area contributed by atoms with Gasteiger partial charge in [0, 0.05) is 25.0 Å². The van der Waals surface area contributed by atoms with Crippen LogP contribution >= 0.6 is 0 Å². The topological polar surface area (TPSA) is 51.7 Å². The van der Waals surface area contributed by atoms with Gasteiger partial charge in [-0.2, -0.15) is 0 Å². The van der Waals surface area contributed by atoms with Crippen molar-refractivity contribution >= 4 is 5.91 Å². The molecular weight excluding hydrogens is 292 g/mol. The molecule has 5 heteroatoms. The van der Waals surface area contributed by atoms with Crippen LogP contribution in [0, 0.1) is 0 Å². The first-order valence-corrected chi connectivity index (χ1v) is 7.86. The number of fused-ring (bicyclic) bond motifs is 1. The lowest BCUT2D eigenvalue weighted by molar-refractivity contribution is -0.131. The fourth-order valence-corrected chi connectivity index (χ4v) is 2.82.